The summed E-state index contributed by atoms with van der Waals surface area (Å²) in [5.41, 5.74) is 10.2. The molecule has 0 aliphatic carbocycles. The van der Waals surface area contributed by atoms with Crippen LogP contribution in [-0.4, -0.2) is 52.6 Å². The second-order valence-electron chi connectivity index (χ2n) is 9.73. The molecule has 3 aromatic rings. The van der Waals surface area contributed by atoms with E-state index in [1.807, 2.05) is 56.3 Å². The summed E-state index contributed by atoms with van der Waals surface area (Å²) in [4.78, 5) is 29.6. The molecule has 1 saturated heterocycles. The molecular formula is C27H35N5O4. The SMILES string of the molecule is Cc1cc2nc(C(O)C(CCc3ccccc3)NC(=O)[C@H]3C[C@H](NC(=O)C(C)N)CN3)oc2cc1C. The van der Waals surface area contributed by atoms with E-state index in [1.165, 1.54) is 0 Å². The van der Waals surface area contributed by atoms with E-state index in [0.29, 0.717) is 36.9 Å². The van der Waals surface area contributed by atoms with E-state index in [1.54, 1.807) is 6.92 Å². The van der Waals surface area contributed by atoms with Gasteiger partial charge < -0.3 is 31.2 Å². The highest BCUT2D eigenvalue weighted by Gasteiger charge is 2.34. The van der Waals surface area contributed by atoms with Crippen molar-refractivity contribution in [1.82, 2.24) is 20.9 Å². The molecule has 0 saturated carbocycles. The first-order chi connectivity index (χ1) is 17.2. The number of carbonyl (C=O) groups excluding carboxylic acids is 2. The zero-order valence-corrected chi connectivity index (χ0v) is 21.0. The second-order valence-corrected chi connectivity index (χ2v) is 9.73. The van der Waals surface area contributed by atoms with Gasteiger partial charge in [-0.15, -0.1) is 0 Å². The van der Waals surface area contributed by atoms with Crippen LogP contribution in [0.25, 0.3) is 11.1 Å². The molecule has 1 aromatic heterocycles. The summed E-state index contributed by atoms with van der Waals surface area (Å²) in [5.74, 6) is -0.317. The number of nitrogens with one attached hydrogen (secondary N) is 3. The first-order valence-electron chi connectivity index (χ1n) is 12.4. The van der Waals surface area contributed by atoms with Crippen LogP contribution in [0.1, 0.15) is 48.5 Å². The number of aromatic nitrogens is 1. The molecule has 9 nitrogen and oxygen atoms in total. The van der Waals surface area contributed by atoms with Crippen LogP contribution >= 0.6 is 0 Å². The number of carbonyl (C=O) groups is 2. The largest absolute Gasteiger partial charge is 0.438 e. The Balaban J connectivity index is 1.48. The summed E-state index contributed by atoms with van der Waals surface area (Å²) >= 11 is 0. The molecule has 1 aliphatic rings. The highest BCUT2D eigenvalue weighted by Crippen LogP contribution is 2.26. The van der Waals surface area contributed by atoms with Gasteiger partial charge in [-0.25, -0.2) is 4.98 Å². The number of benzene rings is 2. The van der Waals surface area contributed by atoms with Gasteiger partial charge in [-0.3, -0.25) is 9.59 Å². The lowest BCUT2D eigenvalue weighted by molar-refractivity contribution is -0.125. The number of nitrogens with zero attached hydrogens (tertiary/aromatic N) is 1. The van der Waals surface area contributed by atoms with Crippen molar-refractivity contribution in [2.24, 2.45) is 5.73 Å². The summed E-state index contributed by atoms with van der Waals surface area (Å²) < 4.78 is 5.90. The Morgan fingerprint density at radius 3 is 2.67 bits per heavy atom. The fourth-order valence-electron chi connectivity index (χ4n) is 4.43. The number of amides is 2. The number of rotatable bonds is 9. The first-order valence-corrected chi connectivity index (χ1v) is 12.4. The van der Waals surface area contributed by atoms with Crippen LogP contribution in [-0.2, 0) is 16.0 Å². The van der Waals surface area contributed by atoms with E-state index in [0.717, 1.165) is 16.7 Å². The van der Waals surface area contributed by atoms with E-state index in [9.17, 15) is 14.7 Å². The molecule has 9 heteroatoms. The molecule has 6 N–H and O–H groups in total. The third-order valence-electron chi connectivity index (χ3n) is 6.78. The molecule has 2 amide bonds. The lowest BCUT2D eigenvalue weighted by Crippen LogP contribution is -2.47. The highest BCUT2D eigenvalue weighted by atomic mass is 16.4. The average molecular weight is 494 g/mol. The van der Waals surface area contributed by atoms with Gasteiger partial charge in [0.05, 0.1) is 18.1 Å². The van der Waals surface area contributed by atoms with Crippen molar-refractivity contribution in [1.29, 1.82) is 0 Å². The van der Waals surface area contributed by atoms with E-state index in [2.05, 4.69) is 20.9 Å². The molecule has 2 heterocycles. The minimum Gasteiger partial charge on any atom is -0.438 e. The van der Waals surface area contributed by atoms with Crippen molar-refractivity contribution >= 4 is 22.9 Å². The van der Waals surface area contributed by atoms with Crippen LogP contribution < -0.4 is 21.7 Å². The van der Waals surface area contributed by atoms with Crippen molar-refractivity contribution in [3.8, 4) is 0 Å². The van der Waals surface area contributed by atoms with Crippen LogP contribution in [0.5, 0.6) is 0 Å². The molecule has 0 bridgehead atoms. The Morgan fingerprint density at radius 1 is 1.22 bits per heavy atom. The predicted octanol–water partition coefficient (Wildman–Crippen LogP) is 1.79. The third-order valence-corrected chi connectivity index (χ3v) is 6.78. The van der Waals surface area contributed by atoms with Crippen LogP contribution in [0.15, 0.2) is 46.9 Å². The number of hydrogen-bond acceptors (Lipinski definition) is 7. The Kier molecular flexibility index (Phi) is 8.03. The van der Waals surface area contributed by atoms with Gasteiger partial charge in [0.2, 0.25) is 17.7 Å². The summed E-state index contributed by atoms with van der Waals surface area (Å²) in [7, 11) is 0. The van der Waals surface area contributed by atoms with Crippen molar-refractivity contribution in [2.75, 3.05) is 6.54 Å². The molecule has 1 aliphatic heterocycles. The Labute approximate surface area is 210 Å². The lowest BCUT2D eigenvalue weighted by Gasteiger charge is -2.24. The van der Waals surface area contributed by atoms with Gasteiger partial charge in [-0.1, -0.05) is 30.3 Å². The normalized spacial score (nSPS) is 20.1. The molecule has 4 rings (SSSR count). The quantitative estimate of drug-likeness (QED) is 0.306. The van der Waals surface area contributed by atoms with Gasteiger partial charge in [0.15, 0.2) is 11.7 Å². The molecule has 192 valence electrons. The van der Waals surface area contributed by atoms with E-state index in [-0.39, 0.29) is 23.7 Å². The number of oxazole rings is 1. The first kappa shape index (κ1) is 25.8. The fourth-order valence-corrected chi connectivity index (χ4v) is 4.43. The van der Waals surface area contributed by atoms with E-state index >= 15 is 0 Å². The highest BCUT2D eigenvalue weighted by molar-refractivity contribution is 5.84. The maximum absolute atomic E-state index is 13.2. The van der Waals surface area contributed by atoms with Gasteiger partial charge in [-0.2, -0.15) is 0 Å². The summed E-state index contributed by atoms with van der Waals surface area (Å²) in [6, 6.07) is 11.8. The van der Waals surface area contributed by atoms with Crippen LogP contribution in [0.4, 0.5) is 0 Å². The van der Waals surface area contributed by atoms with Crippen molar-refractivity contribution in [2.45, 2.75) is 70.3 Å². The Hall–Kier alpha value is -3.27. The fraction of sp³-hybridized carbons (Fsp3) is 0.444. The van der Waals surface area contributed by atoms with Gasteiger partial charge in [0, 0.05) is 12.6 Å². The van der Waals surface area contributed by atoms with Gasteiger partial charge >= 0.3 is 0 Å². The number of aliphatic hydroxyl groups excluding tert-OH is 1. The minimum absolute atomic E-state index is 0.176. The molecule has 2 aromatic carbocycles. The van der Waals surface area contributed by atoms with E-state index < -0.39 is 24.2 Å². The molecule has 1 fully saturated rings. The van der Waals surface area contributed by atoms with Crippen molar-refractivity contribution < 1.29 is 19.1 Å². The molecular weight excluding hydrogens is 458 g/mol. The summed E-state index contributed by atoms with van der Waals surface area (Å²) in [6.45, 7) is 6.09. The van der Waals surface area contributed by atoms with Gasteiger partial charge in [0.1, 0.15) is 5.52 Å². The third kappa shape index (κ3) is 6.10. The maximum Gasteiger partial charge on any atom is 0.237 e. The summed E-state index contributed by atoms with van der Waals surface area (Å²) in [6.07, 6.45) is 0.464. The van der Waals surface area contributed by atoms with Crippen LogP contribution in [0.2, 0.25) is 0 Å². The molecule has 0 radical (unpaired) electrons. The van der Waals surface area contributed by atoms with Crippen LogP contribution in [0, 0.1) is 13.8 Å². The zero-order chi connectivity index (χ0) is 25.8. The smallest absolute Gasteiger partial charge is 0.237 e. The Bertz CT molecular complexity index is 1170. The second kappa shape index (κ2) is 11.2. The molecule has 5 atom stereocenters. The van der Waals surface area contributed by atoms with Crippen molar-refractivity contribution in [3.63, 3.8) is 0 Å². The summed E-state index contributed by atoms with van der Waals surface area (Å²) in [5, 5.41) is 20.3. The topological polar surface area (TPSA) is 143 Å². The number of aryl methyl sites for hydroxylation is 3. The predicted molar refractivity (Wildman–Crippen MR) is 137 cm³/mol. The van der Waals surface area contributed by atoms with Gasteiger partial charge in [0.25, 0.3) is 0 Å². The zero-order valence-electron chi connectivity index (χ0n) is 21.0. The standard InChI is InChI=1S/C27H35N5O4/c1-15-11-21-23(12-16(15)2)36-27(32-21)24(33)20(10-9-18-7-5-4-6-8-18)31-26(35)22-13-19(14-29-22)30-25(34)17(3)28/h4-8,11-12,17,19-20,22,24,29,33H,9-10,13-14,28H2,1-3H3,(H,30,34)(H,31,35)/t17?,19-,20?,22+,24?/m0/s1. The maximum atomic E-state index is 13.2. The van der Waals surface area contributed by atoms with Crippen LogP contribution in [0.3, 0.4) is 0 Å². The number of nitrogens with two attached hydrogens (primary N) is 1. The molecule has 3 unspecified atom stereocenters. The Morgan fingerprint density at radius 2 is 1.94 bits per heavy atom. The van der Waals surface area contributed by atoms with Crippen molar-refractivity contribution in [3.05, 3.63) is 65.0 Å². The average Bonchev–Trinajstić information content (AvgIpc) is 3.49. The lowest BCUT2D eigenvalue weighted by atomic mass is 10.00. The molecule has 36 heavy (non-hydrogen) atoms. The number of aliphatic hydroxyl groups is 1. The van der Waals surface area contributed by atoms with E-state index in [4.69, 9.17) is 10.2 Å². The molecule has 0 spiro atoms. The number of hydrogen-bond donors (Lipinski definition) is 5. The minimum atomic E-state index is -1.12. The van der Waals surface area contributed by atoms with Gasteiger partial charge in [-0.05, 0) is 68.9 Å². The number of fused-ring (bicyclic) bond motifs is 1. The monoisotopic (exact) mass is 493 g/mol.